The number of benzene rings is 1. The zero-order valence-corrected chi connectivity index (χ0v) is 15.3. The number of alkyl halides is 3. The lowest BCUT2D eigenvalue weighted by Crippen LogP contribution is -2.62. The smallest absolute Gasteiger partial charge is 0.343 e. The van der Waals surface area contributed by atoms with Crippen molar-refractivity contribution in [1.29, 1.82) is 5.26 Å². The fourth-order valence-electron chi connectivity index (χ4n) is 3.72. The summed E-state index contributed by atoms with van der Waals surface area (Å²) in [5, 5.41) is 14.6. The first kappa shape index (κ1) is 20.9. The molecule has 154 valence electrons. The number of nitrogens with two attached hydrogens (primary N) is 1. The van der Waals surface area contributed by atoms with E-state index < -0.39 is 29.5 Å². The van der Waals surface area contributed by atoms with E-state index in [0.717, 1.165) is 6.07 Å². The van der Waals surface area contributed by atoms with E-state index in [1.165, 1.54) is 12.4 Å². The maximum absolute atomic E-state index is 15.2. The van der Waals surface area contributed by atoms with Crippen molar-refractivity contribution in [2.24, 2.45) is 11.7 Å². The van der Waals surface area contributed by atoms with Crippen molar-refractivity contribution in [3.05, 3.63) is 35.4 Å². The Morgan fingerprint density at radius 1 is 1.41 bits per heavy atom. The number of hydrogen-bond acceptors (Lipinski definition) is 6. The van der Waals surface area contributed by atoms with Crippen LogP contribution in [-0.4, -0.2) is 41.2 Å². The van der Waals surface area contributed by atoms with Crippen LogP contribution in [0, 0.1) is 23.1 Å². The van der Waals surface area contributed by atoms with Crippen LogP contribution in [0.1, 0.15) is 24.5 Å². The van der Waals surface area contributed by atoms with Crippen LogP contribution in [0.4, 0.5) is 17.6 Å². The molecule has 0 spiro atoms. The minimum absolute atomic E-state index is 0.000769. The number of halogens is 4. The van der Waals surface area contributed by atoms with Gasteiger partial charge in [-0.2, -0.15) is 18.4 Å². The summed E-state index contributed by atoms with van der Waals surface area (Å²) in [4.78, 5) is 20.5. The lowest BCUT2D eigenvalue weighted by Gasteiger charge is -2.42. The average Bonchev–Trinajstić information content (AvgIpc) is 2.65. The molecule has 1 aliphatic heterocycles. The second-order valence-corrected chi connectivity index (χ2v) is 7.18. The fourth-order valence-corrected chi connectivity index (χ4v) is 3.72. The number of nitriles is 1. The summed E-state index contributed by atoms with van der Waals surface area (Å²) in [6.45, 7) is 2.30. The molecular weight excluding hydrogens is 392 g/mol. The molecule has 2 aromatic rings. The first-order valence-corrected chi connectivity index (χ1v) is 8.78. The second-order valence-electron chi connectivity index (χ2n) is 7.18. The normalized spacial score (nSPS) is 23.4. The van der Waals surface area contributed by atoms with Crippen LogP contribution < -0.4 is 16.4 Å². The predicted octanol–water partition coefficient (Wildman–Crippen LogP) is 1.47. The lowest BCUT2D eigenvalue weighted by molar-refractivity contribution is -0.164. The first-order chi connectivity index (χ1) is 13.6. The minimum Gasteiger partial charge on any atom is -0.343 e. The molecule has 0 radical (unpaired) electrons. The fraction of sp³-hybridized carbons (Fsp3) is 0.444. The number of piperidine rings is 1. The van der Waals surface area contributed by atoms with Gasteiger partial charge < -0.3 is 16.4 Å². The highest BCUT2D eigenvalue weighted by atomic mass is 19.4. The third kappa shape index (κ3) is 3.86. The van der Waals surface area contributed by atoms with Crippen LogP contribution in [0.2, 0.25) is 0 Å². The SMILES string of the molecule is C[C@@H]1CNC[C@](NC(=O)[C@H](N)C(F)(F)F)(c2c(F)cc(C#N)c3nccnc23)C1. The number of rotatable bonds is 3. The summed E-state index contributed by atoms with van der Waals surface area (Å²) in [5.41, 5.74) is 3.41. The number of carbonyl (C=O) groups excluding carboxylic acids is 1. The molecule has 0 unspecified atom stereocenters. The Labute approximate surface area is 163 Å². The Balaban J connectivity index is 2.20. The van der Waals surface area contributed by atoms with Crippen LogP contribution in [0.15, 0.2) is 18.5 Å². The Hall–Kier alpha value is -2.84. The summed E-state index contributed by atoms with van der Waals surface area (Å²) in [5.74, 6) is -2.45. The van der Waals surface area contributed by atoms with E-state index in [1.807, 2.05) is 13.0 Å². The average molecular weight is 410 g/mol. The molecule has 11 heteroatoms. The van der Waals surface area contributed by atoms with Crippen LogP contribution in [0.25, 0.3) is 11.0 Å². The molecule has 1 aromatic heterocycles. The molecule has 3 rings (SSSR count). The minimum atomic E-state index is -4.95. The van der Waals surface area contributed by atoms with E-state index in [1.54, 1.807) is 0 Å². The quantitative estimate of drug-likeness (QED) is 0.660. The van der Waals surface area contributed by atoms with Crippen LogP contribution in [0.3, 0.4) is 0 Å². The number of fused-ring (bicyclic) bond motifs is 1. The third-order valence-electron chi connectivity index (χ3n) is 4.91. The van der Waals surface area contributed by atoms with Gasteiger partial charge in [-0.1, -0.05) is 6.92 Å². The van der Waals surface area contributed by atoms with Gasteiger partial charge >= 0.3 is 6.18 Å². The molecule has 1 amide bonds. The summed E-state index contributed by atoms with van der Waals surface area (Å²) in [6, 6.07) is 0.00639. The number of carbonyl (C=O) groups is 1. The number of amides is 1. The van der Waals surface area contributed by atoms with Crippen molar-refractivity contribution in [3.8, 4) is 6.07 Å². The van der Waals surface area contributed by atoms with Crippen LogP contribution in [0.5, 0.6) is 0 Å². The van der Waals surface area contributed by atoms with Crippen molar-refractivity contribution in [2.75, 3.05) is 13.1 Å². The largest absolute Gasteiger partial charge is 0.412 e. The Morgan fingerprint density at radius 2 is 2.07 bits per heavy atom. The summed E-state index contributed by atoms with van der Waals surface area (Å²) < 4.78 is 54.0. The van der Waals surface area contributed by atoms with E-state index in [2.05, 4.69) is 20.6 Å². The van der Waals surface area contributed by atoms with Gasteiger partial charge in [0.15, 0.2) is 6.04 Å². The highest BCUT2D eigenvalue weighted by Crippen LogP contribution is 2.37. The van der Waals surface area contributed by atoms with E-state index in [0.29, 0.717) is 6.54 Å². The third-order valence-corrected chi connectivity index (χ3v) is 4.91. The van der Waals surface area contributed by atoms with Crippen molar-refractivity contribution in [3.63, 3.8) is 0 Å². The molecule has 1 saturated heterocycles. The van der Waals surface area contributed by atoms with Crippen molar-refractivity contribution in [1.82, 2.24) is 20.6 Å². The van der Waals surface area contributed by atoms with E-state index >= 15 is 4.39 Å². The van der Waals surface area contributed by atoms with Crippen LogP contribution in [-0.2, 0) is 10.3 Å². The van der Waals surface area contributed by atoms with Gasteiger partial charge in [0.2, 0.25) is 5.91 Å². The highest BCUT2D eigenvalue weighted by molar-refractivity contribution is 5.87. The molecule has 1 fully saturated rings. The second kappa shape index (κ2) is 7.53. The van der Waals surface area contributed by atoms with Gasteiger partial charge in [-0.15, -0.1) is 0 Å². The van der Waals surface area contributed by atoms with Gasteiger partial charge in [0.25, 0.3) is 0 Å². The number of nitrogens with one attached hydrogen (secondary N) is 2. The van der Waals surface area contributed by atoms with Crippen molar-refractivity contribution < 1.29 is 22.4 Å². The predicted molar refractivity (Wildman–Crippen MR) is 94.7 cm³/mol. The monoisotopic (exact) mass is 410 g/mol. The first-order valence-electron chi connectivity index (χ1n) is 8.78. The molecule has 1 aromatic carbocycles. The number of hydrogen-bond donors (Lipinski definition) is 3. The topological polar surface area (TPSA) is 117 Å². The summed E-state index contributed by atoms with van der Waals surface area (Å²) in [7, 11) is 0. The molecule has 7 nitrogen and oxygen atoms in total. The standard InChI is InChI=1S/C18H18F4N6O/c1-9-5-17(8-25-7-9,28-16(29)15(24)18(20,21)22)12-11(19)4-10(6-23)13-14(12)27-3-2-26-13/h2-4,9,15,25H,5,7-8,24H2,1H3,(H,28,29)/t9-,15-,17-/m0/s1. The van der Waals surface area contributed by atoms with Gasteiger partial charge in [-0.05, 0) is 24.9 Å². The number of aromatic nitrogens is 2. The molecule has 2 heterocycles. The molecule has 0 saturated carbocycles. The van der Waals surface area contributed by atoms with Gasteiger partial charge in [-0.3, -0.25) is 14.8 Å². The van der Waals surface area contributed by atoms with Gasteiger partial charge in [-0.25, -0.2) is 4.39 Å². The van der Waals surface area contributed by atoms with Gasteiger partial charge in [0.05, 0.1) is 16.6 Å². The Kier molecular flexibility index (Phi) is 5.42. The summed E-state index contributed by atoms with van der Waals surface area (Å²) in [6.07, 6.45) is -2.21. The van der Waals surface area contributed by atoms with E-state index in [9.17, 15) is 23.2 Å². The summed E-state index contributed by atoms with van der Waals surface area (Å²) >= 11 is 0. The molecule has 3 atom stereocenters. The highest BCUT2D eigenvalue weighted by Gasteiger charge is 2.47. The van der Waals surface area contributed by atoms with Gasteiger partial charge in [0, 0.05) is 24.5 Å². The molecule has 29 heavy (non-hydrogen) atoms. The Morgan fingerprint density at radius 3 is 2.66 bits per heavy atom. The molecule has 0 bridgehead atoms. The van der Waals surface area contributed by atoms with Gasteiger partial charge in [0.1, 0.15) is 17.4 Å². The molecule has 1 aliphatic rings. The zero-order chi connectivity index (χ0) is 21.4. The van der Waals surface area contributed by atoms with Crippen molar-refractivity contribution >= 4 is 16.9 Å². The molecule has 0 aliphatic carbocycles. The van der Waals surface area contributed by atoms with Crippen LogP contribution >= 0.6 is 0 Å². The maximum Gasteiger partial charge on any atom is 0.412 e. The van der Waals surface area contributed by atoms with E-state index in [-0.39, 0.29) is 41.0 Å². The van der Waals surface area contributed by atoms with Crippen molar-refractivity contribution in [2.45, 2.75) is 31.1 Å². The molecule has 4 N–H and O–H groups in total. The zero-order valence-electron chi connectivity index (χ0n) is 15.3. The lowest BCUT2D eigenvalue weighted by atomic mass is 9.77. The Bertz CT molecular complexity index is 989. The maximum atomic E-state index is 15.2. The molecular formula is C18H18F4N6O. The number of nitrogens with zero attached hydrogens (tertiary/aromatic N) is 3. The van der Waals surface area contributed by atoms with E-state index in [4.69, 9.17) is 5.73 Å².